The highest BCUT2D eigenvalue weighted by molar-refractivity contribution is 7.89. The Morgan fingerprint density at radius 3 is 2.56 bits per heavy atom. The molecule has 1 unspecified atom stereocenters. The molecule has 1 amide bonds. The molecule has 3 N–H and O–H groups in total. The van der Waals surface area contributed by atoms with Crippen LogP contribution in [0.25, 0.3) is 0 Å². The summed E-state index contributed by atoms with van der Waals surface area (Å²) in [6.07, 6.45) is 3.29. The van der Waals surface area contributed by atoms with E-state index in [0.29, 0.717) is 24.7 Å². The zero-order valence-electron chi connectivity index (χ0n) is 17.5. The first-order chi connectivity index (χ1) is 15.1. The fourth-order valence-electron chi connectivity index (χ4n) is 3.51. The van der Waals surface area contributed by atoms with Crippen molar-refractivity contribution >= 4 is 44.8 Å². The van der Waals surface area contributed by atoms with Gasteiger partial charge >= 0.3 is 0 Å². The van der Waals surface area contributed by atoms with Gasteiger partial charge in [0.05, 0.1) is 26.8 Å². The summed E-state index contributed by atoms with van der Waals surface area (Å²) in [5.74, 6) is 0.189. The number of sulfonamides is 1. The van der Waals surface area contributed by atoms with Crippen LogP contribution in [0.1, 0.15) is 31.9 Å². The van der Waals surface area contributed by atoms with Gasteiger partial charge in [-0.15, -0.1) is 0 Å². The Morgan fingerprint density at radius 1 is 1.34 bits per heavy atom. The molecule has 3 rings (SSSR count). The maximum absolute atomic E-state index is 13.2. The molecule has 0 saturated carbocycles. The maximum atomic E-state index is 13.2. The van der Waals surface area contributed by atoms with Gasteiger partial charge in [0.25, 0.3) is 0 Å². The largest absolute Gasteiger partial charge is 0.396 e. The Hall–Kier alpha value is -2.32. The molecule has 172 valence electrons. The fourth-order valence-corrected chi connectivity index (χ4v) is 5.40. The summed E-state index contributed by atoms with van der Waals surface area (Å²) in [5, 5.41) is 13.3. The van der Waals surface area contributed by atoms with E-state index in [9.17, 15) is 18.5 Å². The molecule has 0 spiro atoms. The third-order valence-electron chi connectivity index (χ3n) is 5.51. The van der Waals surface area contributed by atoms with E-state index >= 15 is 0 Å². The van der Waals surface area contributed by atoms with Crippen molar-refractivity contribution in [3.05, 3.63) is 40.1 Å². The van der Waals surface area contributed by atoms with Crippen LogP contribution in [0.5, 0.6) is 0 Å². The number of piperidine rings is 1. The first kappa shape index (κ1) is 24.3. The maximum Gasteiger partial charge on any atom is 0.241 e. The molecular weight excluding hydrogens is 475 g/mol. The van der Waals surface area contributed by atoms with Gasteiger partial charge in [0, 0.05) is 19.6 Å². The standard InChI is InChI=1S/C20H24Cl2N6O3S/c1-13-3-7-27(8-4-13)20(29)18(5-9-28-14(12-23)2-6-25-28)26-32(30,31)15-10-16(21)19(24)17(22)11-15/h2,6,10-11,13,18,26H,3-5,7-9,24H2,1H3. The van der Waals surface area contributed by atoms with Crippen molar-refractivity contribution in [3.8, 4) is 6.07 Å². The van der Waals surface area contributed by atoms with Crippen LogP contribution >= 0.6 is 23.2 Å². The predicted octanol–water partition coefficient (Wildman–Crippen LogP) is 2.64. The highest BCUT2D eigenvalue weighted by atomic mass is 35.5. The lowest BCUT2D eigenvalue weighted by molar-refractivity contribution is -0.134. The first-order valence-electron chi connectivity index (χ1n) is 10.1. The van der Waals surface area contributed by atoms with Crippen molar-refractivity contribution in [3.63, 3.8) is 0 Å². The fraction of sp³-hybridized carbons (Fsp3) is 0.450. The lowest BCUT2D eigenvalue weighted by Gasteiger charge is -2.33. The van der Waals surface area contributed by atoms with Gasteiger partial charge in [0.2, 0.25) is 15.9 Å². The number of nitrogens with two attached hydrogens (primary N) is 1. The number of carbonyl (C=O) groups excluding carboxylic acids is 1. The zero-order chi connectivity index (χ0) is 23.5. The Balaban J connectivity index is 1.85. The molecule has 32 heavy (non-hydrogen) atoms. The van der Waals surface area contributed by atoms with E-state index < -0.39 is 16.1 Å². The Morgan fingerprint density at radius 2 is 1.97 bits per heavy atom. The van der Waals surface area contributed by atoms with Gasteiger partial charge in [-0.3, -0.25) is 9.48 Å². The van der Waals surface area contributed by atoms with Gasteiger partial charge in [0.15, 0.2) is 0 Å². The zero-order valence-corrected chi connectivity index (χ0v) is 19.8. The molecule has 0 bridgehead atoms. The second kappa shape index (κ2) is 10.1. The molecule has 2 heterocycles. The number of rotatable bonds is 7. The summed E-state index contributed by atoms with van der Waals surface area (Å²) in [4.78, 5) is 14.7. The van der Waals surface area contributed by atoms with Crippen LogP contribution in [-0.2, 0) is 21.4 Å². The van der Waals surface area contributed by atoms with E-state index in [1.807, 2.05) is 6.07 Å². The summed E-state index contributed by atoms with van der Waals surface area (Å²) < 4.78 is 30.1. The smallest absolute Gasteiger partial charge is 0.241 e. The van der Waals surface area contributed by atoms with Crippen molar-refractivity contribution in [1.82, 2.24) is 19.4 Å². The number of nitrogens with one attached hydrogen (secondary N) is 1. The molecule has 1 aliphatic heterocycles. The average Bonchev–Trinajstić information content (AvgIpc) is 3.22. The number of hydrogen-bond donors (Lipinski definition) is 2. The van der Waals surface area contributed by atoms with Crippen LogP contribution in [0.2, 0.25) is 10.0 Å². The van der Waals surface area contributed by atoms with Crippen LogP contribution in [0.4, 0.5) is 5.69 Å². The molecule has 1 atom stereocenters. The summed E-state index contributed by atoms with van der Waals surface area (Å²) in [7, 11) is -4.14. The Labute approximate surface area is 197 Å². The molecule has 12 heteroatoms. The molecular formula is C20H24Cl2N6O3S. The number of carbonyl (C=O) groups is 1. The molecule has 0 aliphatic carbocycles. The molecule has 1 aromatic heterocycles. The third-order valence-corrected chi connectivity index (χ3v) is 7.59. The van der Waals surface area contributed by atoms with E-state index in [4.69, 9.17) is 28.9 Å². The number of hydrogen-bond acceptors (Lipinski definition) is 6. The quantitative estimate of drug-likeness (QED) is 0.563. The first-order valence-corrected chi connectivity index (χ1v) is 12.3. The van der Waals surface area contributed by atoms with Crippen LogP contribution in [-0.4, -0.2) is 48.1 Å². The molecule has 9 nitrogen and oxygen atoms in total. The number of nitrogens with zero attached hydrogens (tertiary/aromatic N) is 4. The summed E-state index contributed by atoms with van der Waals surface area (Å²) in [6, 6.07) is 4.89. The number of aromatic nitrogens is 2. The molecule has 0 radical (unpaired) electrons. The summed E-state index contributed by atoms with van der Waals surface area (Å²) in [5.41, 5.74) is 6.10. The molecule has 2 aromatic rings. The minimum absolute atomic E-state index is 0.000901. The van der Waals surface area contributed by atoms with Crippen molar-refractivity contribution in [2.75, 3.05) is 18.8 Å². The Bertz CT molecular complexity index is 1110. The minimum Gasteiger partial charge on any atom is -0.396 e. The molecule has 1 aromatic carbocycles. The van der Waals surface area contributed by atoms with Gasteiger partial charge < -0.3 is 10.6 Å². The predicted molar refractivity (Wildman–Crippen MR) is 122 cm³/mol. The van der Waals surface area contributed by atoms with Crippen LogP contribution in [0.3, 0.4) is 0 Å². The number of amides is 1. The second-order valence-electron chi connectivity index (χ2n) is 7.82. The average molecular weight is 499 g/mol. The van der Waals surface area contributed by atoms with Crippen molar-refractivity contribution in [2.45, 2.75) is 43.7 Å². The second-order valence-corrected chi connectivity index (χ2v) is 10.4. The molecule has 1 saturated heterocycles. The van der Waals surface area contributed by atoms with Gasteiger partial charge in [-0.05, 0) is 43.4 Å². The van der Waals surface area contributed by atoms with Gasteiger partial charge in [-0.25, -0.2) is 8.42 Å². The van der Waals surface area contributed by atoms with E-state index in [2.05, 4.69) is 16.7 Å². The van der Waals surface area contributed by atoms with E-state index in [1.165, 1.54) is 23.0 Å². The number of nitriles is 1. The SMILES string of the molecule is CC1CCN(C(=O)C(CCn2nccc2C#N)NS(=O)(=O)c2cc(Cl)c(N)c(Cl)c2)CC1. The van der Waals surface area contributed by atoms with E-state index in [0.717, 1.165) is 12.8 Å². The Kier molecular flexibility index (Phi) is 7.67. The minimum atomic E-state index is -4.14. The summed E-state index contributed by atoms with van der Waals surface area (Å²) in [6.45, 7) is 3.42. The number of halogens is 2. The molecule has 1 aliphatic rings. The number of likely N-dealkylation sites (tertiary alicyclic amines) is 1. The number of nitrogen functional groups attached to an aromatic ring is 1. The highest BCUT2D eigenvalue weighted by Crippen LogP contribution is 2.31. The van der Waals surface area contributed by atoms with Gasteiger partial charge in [0.1, 0.15) is 17.8 Å². The normalized spacial score (nSPS) is 16.0. The van der Waals surface area contributed by atoms with Crippen molar-refractivity contribution < 1.29 is 13.2 Å². The number of anilines is 1. The number of benzene rings is 1. The van der Waals surface area contributed by atoms with Crippen LogP contribution < -0.4 is 10.5 Å². The van der Waals surface area contributed by atoms with Crippen LogP contribution in [0.15, 0.2) is 29.3 Å². The monoisotopic (exact) mass is 498 g/mol. The van der Waals surface area contributed by atoms with Crippen molar-refractivity contribution in [2.24, 2.45) is 5.92 Å². The van der Waals surface area contributed by atoms with E-state index in [1.54, 1.807) is 11.0 Å². The lowest BCUT2D eigenvalue weighted by Crippen LogP contribution is -2.51. The topological polar surface area (TPSA) is 134 Å². The number of aryl methyl sites for hydroxylation is 1. The summed E-state index contributed by atoms with van der Waals surface area (Å²) >= 11 is 12.0. The van der Waals surface area contributed by atoms with E-state index in [-0.39, 0.29) is 39.5 Å². The van der Waals surface area contributed by atoms with Gasteiger partial charge in [-0.2, -0.15) is 15.1 Å². The van der Waals surface area contributed by atoms with Crippen LogP contribution in [0, 0.1) is 17.2 Å². The lowest BCUT2D eigenvalue weighted by atomic mass is 9.98. The van der Waals surface area contributed by atoms with Crippen molar-refractivity contribution in [1.29, 1.82) is 5.26 Å². The highest BCUT2D eigenvalue weighted by Gasteiger charge is 2.31. The molecule has 1 fully saturated rings. The third kappa shape index (κ3) is 5.53. The van der Waals surface area contributed by atoms with Gasteiger partial charge in [-0.1, -0.05) is 30.1 Å².